The number of H-pyrrole nitrogens is 1. The van der Waals surface area contributed by atoms with Gasteiger partial charge in [0.1, 0.15) is 5.25 Å². The summed E-state index contributed by atoms with van der Waals surface area (Å²) in [5, 5.41) is 0.116. The number of aromatic amines is 1. The molecule has 3 heterocycles. The normalized spacial score (nSPS) is 23.2. The predicted octanol–water partition coefficient (Wildman–Crippen LogP) is 4.76. The summed E-state index contributed by atoms with van der Waals surface area (Å²) in [6.45, 7) is 0. The molecule has 5 rings (SSSR count). The number of fused-ring (bicyclic) bond motifs is 2. The van der Waals surface area contributed by atoms with Crippen LogP contribution >= 0.6 is 55.0 Å². The molecule has 5 nitrogen and oxygen atoms in total. The fourth-order valence-corrected chi connectivity index (χ4v) is 6.93. The van der Waals surface area contributed by atoms with Crippen LogP contribution in [0.5, 0.6) is 0 Å². The molecule has 0 radical (unpaired) electrons. The van der Waals surface area contributed by atoms with Crippen LogP contribution in [0.15, 0.2) is 67.3 Å². The molecule has 0 aliphatic carbocycles. The van der Waals surface area contributed by atoms with Crippen LogP contribution in [0.1, 0.15) is 16.4 Å². The van der Waals surface area contributed by atoms with Crippen molar-refractivity contribution >= 4 is 72.5 Å². The van der Waals surface area contributed by atoms with E-state index in [0.717, 1.165) is 30.7 Å². The van der Waals surface area contributed by atoms with Gasteiger partial charge >= 0.3 is 4.87 Å². The second kappa shape index (κ2) is 7.23. The predicted molar refractivity (Wildman–Crippen MR) is 121 cm³/mol. The van der Waals surface area contributed by atoms with Crippen molar-refractivity contribution in [3.63, 3.8) is 0 Å². The minimum Gasteiger partial charge on any atom is -0.307 e. The molecule has 1 aromatic heterocycles. The number of nitrogens with zero attached hydrogens (tertiary/aromatic N) is 1. The van der Waals surface area contributed by atoms with E-state index in [1.165, 1.54) is 16.7 Å². The number of thiazole rings is 1. The van der Waals surface area contributed by atoms with E-state index in [9.17, 15) is 14.4 Å². The monoisotopic (exact) mass is 550 g/mol. The second-order valence-electron chi connectivity index (χ2n) is 6.79. The van der Waals surface area contributed by atoms with Crippen molar-refractivity contribution in [2.24, 2.45) is 5.92 Å². The first kappa shape index (κ1) is 19.3. The van der Waals surface area contributed by atoms with E-state index in [0.29, 0.717) is 10.7 Å². The van der Waals surface area contributed by atoms with Crippen LogP contribution in [0.3, 0.4) is 0 Å². The van der Waals surface area contributed by atoms with Crippen molar-refractivity contribution in [3.8, 4) is 0 Å². The van der Waals surface area contributed by atoms with Gasteiger partial charge in [0.05, 0.1) is 16.6 Å². The van der Waals surface area contributed by atoms with Gasteiger partial charge in [-0.1, -0.05) is 67.1 Å². The lowest BCUT2D eigenvalue weighted by Gasteiger charge is -2.29. The molecular weight excluding hydrogens is 540 g/mol. The molecule has 3 atom stereocenters. The molecule has 9 heteroatoms. The lowest BCUT2D eigenvalue weighted by molar-refractivity contribution is -0.122. The number of aromatic nitrogens is 1. The third kappa shape index (κ3) is 3.15. The number of thioether (sulfide) groups is 1. The van der Waals surface area contributed by atoms with Crippen molar-refractivity contribution in [3.05, 3.63) is 77.6 Å². The Hall–Kier alpha value is -1.68. The lowest BCUT2D eigenvalue weighted by Crippen LogP contribution is -2.32. The summed E-state index contributed by atoms with van der Waals surface area (Å²) in [6.07, 6.45) is 0. The number of carbonyl (C=O) groups is 2. The van der Waals surface area contributed by atoms with Crippen molar-refractivity contribution < 1.29 is 9.59 Å². The number of rotatable bonds is 2. The Kier molecular flexibility index (Phi) is 4.81. The maximum Gasteiger partial charge on any atom is 0.305 e. The highest BCUT2D eigenvalue weighted by Crippen LogP contribution is 2.53. The fraction of sp³-hybridized carbons (Fsp3) is 0.150. The average Bonchev–Trinajstić information content (AvgIpc) is 3.19. The second-order valence-corrected chi connectivity index (χ2v) is 10.8. The minimum absolute atomic E-state index is 0.172. The van der Waals surface area contributed by atoms with Gasteiger partial charge in [0.25, 0.3) is 0 Å². The first-order valence-electron chi connectivity index (χ1n) is 8.72. The van der Waals surface area contributed by atoms with E-state index in [1.807, 2.05) is 36.4 Å². The lowest BCUT2D eigenvalue weighted by atomic mass is 9.83. The van der Waals surface area contributed by atoms with E-state index in [-0.39, 0.29) is 22.6 Å². The van der Waals surface area contributed by atoms with E-state index in [1.54, 1.807) is 12.1 Å². The topological polar surface area (TPSA) is 70.2 Å². The van der Waals surface area contributed by atoms with Gasteiger partial charge in [-0.05, 0) is 42.0 Å². The molecule has 2 amide bonds. The van der Waals surface area contributed by atoms with E-state index < -0.39 is 11.2 Å². The van der Waals surface area contributed by atoms with Crippen LogP contribution in [0.2, 0.25) is 0 Å². The maximum absolute atomic E-state index is 13.5. The standard InChI is InChI=1S/C20H12Br2N2O3S2/c21-10-3-1-9(2-4-10)13-14-16(28-17-15(13)29-20(27)23-17)19(26)24(18(14)25)12-7-5-11(22)6-8-12/h1-8,13-14,16H,(H,23,27)/t13-,14?,16?/m1/s1. The molecule has 1 fully saturated rings. The molecule has 2 aliphatic heterocycles. The largest absolute Gasteiger partial charge is 0.307 e. The van der Waals surface area contributed by atoms with Crippen LogP contribution in [0.4, 0.5) is 5.69 Å². The zero-order chi connectivity index (χ0) is 20.3. The molecule has 2 unspecified atom stereocenters. The van der Waals surface area contributed by atoms with Gasteiger partial charge in [-0.25, -0.2) is 4.90 Å². The molecule has 2 aliphatic rings. The number of hydrogen-bond donors (Lipinski definition) is 1. The van der Waals surface area contributed by atoms with Gasteiger partial charge in [-0.2, -0.15) is 0 Å². The Balaban J connectivity index is 1.64. The summed E-state index contributed by atoms with van der Waals surface area (Å²) in [5.41, 5.74) is 1.48. The third-order valence-electron chi connectivity index (χ3n) is 5.14. The number of benzene rings is 2. The molecule has 0 saturated carbocycles. The van der Waals surface area contributed by atoms with Gasteiger partial charge in [-0.3, -0.25) is 14.4 Å². The summed E-state index contributed by atoms with van der Waals surface area (Å²) in [4.78, 5) is 43.6. The van der Waals surface area contributed by atoms with Crippen molar-refractivity contribution in [2.75, 3.05) is 4.90 Å². The smallest absolute Gasteiger partial charge is 0.305 e. The van der Waals surface area contributed by atoms with Gasteiger partial charge < -0.3 is 4.98 Å². The summed E-state index contributed by atoms with van der Waals surface area (Å²) in [5.74, 6) is -1.37. The number of carbonyl (C=O) groups excluding carboxylic acids is 2. The van der Waals surface area contributed by atoms with E-state index >= 15 is 0 Å². The van der Waals surface area contributed by atoms with Gasteiger partial charge in [0, 0.05) is 19.7 Å². The number of nitrogens with one attached hydrogen (secondary N) is 1. The first-order chi connectivity index (χ1) is 13.9. The molecule has 146 valence electrons. The number of hydrogen-bond acceptors (Lipinski definition) is 5. The van der Waals surface area contributed by atoms with Crippen LogP contribution < -0.4 is 9.77 Å². The van der Waals surface area contributed by atoms with E-state index in [4.69, 9.17) is 0 Å². The number of anilines is 1. The zero-order valence-electron chi connectivity index (χ0n) is 14.6. The number of halogens is 2. The summed E-state index contributed by atoms with van der Waals surface area (Å²) in [7, 11) is 0. The van der Waals surface area contributed by atoms with Gasteiger partial charge in [0.15, 0.2) is 0 Å². The molecule has 1 saturated heterocycles. The van der Waals surface area contributed by atoms with Gasteiger partial charge in [0.2, 0.25) is 11.8 Å². The van der Waals surface area contributed by atoms with Crippen LogP contribution in [-0.4, -0.2) is 22.0 Å². The van der Waals surface area contributed by atoms with Crippen LogP contribution in [0, 0.1) is 5.92 Å². The first-order valence-corrected chi connectivity index (χ1v) is 12.0. The third-order valence-corrected chi connectivity index (χ3v) is 8.60. The average molecular weight is 552 g/mol. The summed E-state index contributed by atoms with van der Waals surface area (Å²) >= 11 is 9.23. The van der Waals surface area contributed by atoms with Crippen LogP contribution in [0.25, 0.3) is 0 Å². The zero-order valence-corrected chi connectivity index (χ0v) is 19.4. The fourth-order valence-electron chi connectivity index (χ4n) is 3.89. The quantitative estimate of drug-likeness (QED) is 0.466. The van der Waals surface area contributed by atoms with E-state index in [2.05, 4.69) is 36.8 Å². The number of imide groups is 1. The van der Waals surface area contributed by atoms with Crippen molar-refractivity contribution in [1.82, 2.24) is 4.98 Å². The number of amides is 2. The molecule has 2 aromatic carbocycles. The van der Waals surface area contributed by atoms with Crippen LogP contribution in [-0.2, 0) is 9.59 Å². The highest BCUT2D eigenvalue weighted by molar-refractivity contribution is 9.10. The Bertz CT molecular complexity index is 1190. The summed E-state index contributed by atoms with van der Waals surface area (Å²) < 4.78 is 1.80. The SMILES string of the molecule is O=C1C2Sc3[nH]c(=O)sc3[C@H](c3ccc(Br)cc3)C2C(=O)N1c1ccc(Br)cc1. The molecular formula is C20H12Br2N2O3S2. The Morgan fingerprint density at radius 1 is 0.862 bits per heavy atom. The molecule has 0 bridgehead atoms. The minimum atomic E-state index is -0.572. The molecule has 29 heavy (non-hydrogen) atoms. The highest BCUT2D eigenvalue weighted by Gasteiger charge is 2.56. The Labute approximate surface area is 190 Å². The highest BCUT2D eigenvalue weighted by atomic mass is 79.9. The molecule has 1 N–H and O–H groups in total. The molecule has 3 aromatic rings. The summed E-state index contributed by atoms with van der Waals surface area (Å²) in [6, 6.07) is 14.8. The molecule has 0 spiro atoms. The van der Waals surface area contributed by atoms with Crippen molar-refractivity contribution in [1.29, 1.82) is 0 Å². The Morgan fingerprint density at radius 2 is 1.48 bits per heavy atom. The van der Waals surface area contributed by atoms with Crippen molar-refractivity contribution in [2.45, 2.75) is 16.2 Å². The maximum atomic E-state index is 13.5. The Morgan fingerprint density at radius 3 is 2.14 bits per heavy atom. The van der Waals surface area contributed by atoms with Gasteiger partial charge in [-0.15, -0.1) is 0 Å².